The zero-order chi connectivity index (χ0) is 16.4. The number of rotatable bonds is 4. The van der Waals surface area contributed by atoms with Gasteiger partial charge in [0, 0.05) is 24.5 Å². The Kier molecular flexibility index (Phi) is 5.01. The minimum atomic E-state index is 0.243. The molecule has 2 aliphatic heterocycles. The van der Waals surface area contributed by atoms with Crippen molar-refractivity contribution < 1.29 is 4.79 Å². The molecule has 2 saturated heterocycles. The zero-order valence-corrected chi connectivity index (χ0v) is 14.7. The van der Waals surface area contributed by atoms with Crippen LogP contribution in [0.3, 0.4) is 0 Å². The molecule has 124 valence electrons. The van der Waals surface area contributed by atoms with Gasteiger partial charge in [-0.25, -0.2) is 0 Å². The van der Waals surface area contributed by atoms with Crippen LogP contribution in [0.5, 0.6) is 0 Å². The minimum Gasteiger partial charge on any atom is -0.294 e. The molecule has 23 heavy (non-hydrogen) atoms. The summed E-state index contributed by atoms with van der Waals surface area (Å²) in [5.41, 5.74) is 3.56. The van der Waals surface area contributed by atoms with Gasteiger partial charge < -0.3 is 0 Å². The topological polar surface area (TPSA) is 20.3 Å². The van der Waals surface area contributed by atoms with Gasteiger partial charge in [0.25, 0.3) is 0 Å². The molecule has 0 aromatic heterocycles. The Morgan fingerprint density at radius 1 is 1.04 bits per heavy atom. The molecular formula is C21H29NO. The molecule has 0 aliphatic carbocycles. The molecule has 2 aliphatic rings. The van der Waals surface area contributed by atoms with E-state index in [1.807, 2.05) is 6.92 Å². The van der Waals surface area contributed by atoms with Gasteiger partial charge in [0.2, 0.25) is 0 Å². The van der Waals surface area contributed by atoms with Crippen LogP contribution in [-0.2, 0) is 11.3 Å². The maximum Gasteiger partial charge on any atom is 0.161 e. The summed E-state index contributed by atoms with van der Waals surface area (Å²) in [4.78, 5) is 15.4. The Balaban J connectivity index is 1.73. The lowest BCUT2D eigenvalue weighted by molar-refractivity contribution is -0.123. The van der Waals surface area contributed by atoms with Gasteiger partial charge in [-0.05, 0) is 57.6 Å². The summed E-state index contributed by atoms with van der Waals surface area (Å²) in [6.07, 6.45) is 5.92. The van der Waals surface area contributed by atoms with E-state index in [-0.39, 0.29) is 5.92 Å². The Hall–Kier alpha value is -1.41. The highest BCUT2D eigenvalue weighted by atomic mass is 16.1. The summed E-state index contributed by atoms with van der Waals surface area (Å²) < 4.78 is 0. The lowest BCUT2D eigenvalue weighted by Gasteiger charge is -2.48. The van der Waals surface area contributed by atoms with E-state index in [9.17, 15) is 4.79 Å². The van der Waals surface area contributed by atoms with E-state index >= 15 is 0 Å². The first-order chi connectivity index (χ1) is 11.1. The molecule has 2 nitrogen and oxygen atoms in total. The van der Waals surface area contributed by atoms with Crippen LogP contribution in [0.15, 0.2) is 41.5 Å². The average molecular weight is 311 g/mol. The second-order valence-electron chi connectivity index (χ2n) is 7.55. The maximum atomic E-state index is 12.8. The number of hydrogen-bond acceptors (Lipinski definition) is 2. The van der Waals surface area contributed by atoms with Crippen LogP contribution in [0.2, 0.25) is 0 Å². The fourth-order valence-corrected chi connectivity index (χ4v) is 4.30. The second kappa shape index (κ2) is 7.00. The van der Waals surface area contributed by atoms with Gasteiger partial charge in [0.1, 0.15) is 0 Å². The number of Topliss-reactive ketones (excluding diaryl/α,β-unsaturated/α-hetero) is 1. The van der Waals surface area contributed by atoms with Crippen molar-refractivity contribution in [3.63, 3.8) is 0 Å². The summed E-state index contributed by atoms with van der Waals surface area (Å²) in [5.74, 6) is 0.647. The van der Waals surface area contributed by atoms with Crippen LogP contribution >= 0.6 is 0 Å². The van der Waals surface area contributed by atoms with E-state index in [1.165, 1.54) is 30.4 Å². The zero-order valence-electron chi connectivity index (χ0n) is 14.7. The lowest BCUT2D eigenvalue weighted by atomic mass is 9.75. The number of ketones is 1. The number of hydrogen-bond donors (Lipinski definition) is 0. The van der Waals surface area contributed by atoms with Gasteiger partial charge in [-0.15, -0.1) is 0 Å². The van der Waals surface area contributed by atoms with Crippen LogP contribution in [0, 0.1) is 5.92 Å². The van der Waals surface area contributed by atoms with Gasteiger partial charge in [0.15, 0.2) is 5.78 Å². The highest BCUT2D eigenvalue weighted by molar-refractivity contribution is 5.97. The molecule has 0 radical (unpaired) electrons. The first kappa shape index (κ1) is 16.4. The standard InChI is InChI=1S/C21H29NO/c1-15(2)16(3)21(23)18-12-19-10-7-11-20(13-18)22(19)14-17-8-5-4-6-9-17/h4-6,8-9,18-20H,7,10-14H2,1-3H3. The van der Waals surface area contributed by atoms with Crippen LogP contribution in [-0.4, -0.2) is 22.8 Å². The Labute approximate surface area is 140 Å². The Morgan fingerprint density at radius 2 is 1.65 bits per heavy atom. The van der Waals surface area contributed by atoms with Crippen molar-refractivity contribution in [1.82, 2.24) is 4.90 Å². The molecule has 0 saturated carbocycles. The largest absolute Gasteiger partial charge is 0.294 e. The van der Waals surface area contributed by atoms with Crippen molar-refractivity contribution >= 4 is 5.78 Å². The third kappa shape index (κ3) is 3.58. The lowest BCUT2D eigenvalue weighted by Crippen LogP contribution is -2.52. The van der Waals surface area contributed by atoms with Gasteiger partial charge >= 0.3 is 0 Å². The molecule has 0 N–H and O–H groups in total. The number of benzene rings is 1. The summed E-state index contributed by atoms with van der Waals surface area (Å²) in [5, 5.41) is 0. The number of nitrogens with zero attached hydrogens (tertiary/aromatic N) is 1. The third-order valence-electron chi connectivity index (χ3n) is 5.82. The van der Waals surface area contributed by atoms with Gasteiger partial charge in [0.05, 0.1) is 0 Å². The summed E-state index contributed by atoms with van der Waals surface area (Å²) in [7, 11) is 0. The van der Waals surface area contributed by atoms with Crippen LogP contribution in [0.4, 0.5) is 0 Å². The van der Waals surface area contributed by atoms with Crippen LogP contribution in [0.1, 0.15) is 58.4 Å². The highest BCUT2D eigenvalue weighted by Crippen LogP contribution is 2.39. The predicted molar refractivity (Wildman–Crippen MR) is 95.2 cm³/mol. The van der Waals surface area contributed by atoms with Crippen molar-refractivity contribution in [1.29, 1.82) is 0 Å². The second-order valence-corrected chi connectivity index (χ2v) is 7.55. The van der Waals surface area contributed by atoms with E-state index in [0.717, 1.165) is 25.0 Å². The van der Waals surface area contributed by atoms with Crippen LogP contribution in [0.25, 0.3) is 0 Å². The number of carbonyl (C=O) groups excluding carboxylic acids is 1. The molecular weight excluding hydrogens is 282 g/mol. The van der Waals surface area contributed by atoms with E-state index < -0.39 is 0 Å². The molecule has 1 aromatic carbocycles. The van der Waals surface area contributed by atoms with E-state index in [4.69, 9.17) is 0 Å². The van der Waals surface area contributed by atoms with E-state index in [0.29, 0.717) is 17.9 Å². The van der Waals surface area contributed by atoms with Crippen molar-refractivity contribution in [2.45, 2.75) is 71.5 Å². The fourth-order valence-electron chi connectivity index (χ4n) is 4.30. The van der Waals surface area contributed by atoms with E-state index in [1.54, 1.807) is 0 Å². The fraction of sp³-hybridized carbons (Fsp3) is 0.571. The molecule has 2 fully saturated rings. The number of allylic oxidation sites excluding steroid dienone is 2. The number of fused-ring (bicyclic) bond motifs is 2. The van der Waals surface area contributed by atoms with Crippen LogP contribution < -0.4 is 0 Å². The Bertz CT molecular complexity index is 571. The number of piperidine rings is 2. The molecule has 0 spiro atoms. The van der Waals surface area contributed by atoms with Gasteiger partial charge in [-0.3, -0.25) is 9.69 Å². The summed E-state index contributed by atoms with van der Waals surface area (Å²) in [6, 6.07) is 11.9. The normalized spacial score (nSPS) is 27.5. The molecule has 2 heteroatoms. The highest BCUT2D eigenvalue weighted by Gasteiger charge is 2.40. The smallest absolute Gasteiger partial charge is 0.161 e. The SMILES string of the molecule is CC(C)=C(C)C(=O)C1CC2CCCC(C1)N2Cc1ccccc1. The van der Waals surface area contributed by atoms with Gasteiger partial charge in [-0.2, -0.15) is 0 Å². The number of carbonyl (C=O) groups is 1. The molecule has 2 unspecified atom stereocenters. The summed E-state index contributed by atoms with van der Waals surface area (Å²) >= 11 is 0. The van der Waals surface area contributed by atoms with Crippen molar-refractivity contribution in [2.24, 2.45) is 5.92 Å². The van der Waals surface area contributed by atoms with Crippen molar-refractivity contribution in [3.8, 4) is 0 Å². The molecule has 3 rings (SSSR count). The Morgan fingerprint density at radius 3 is 2.22 bits per heavy atom. The monoisotopic (exact) mass is 311 g/mol. The minimum absolute atomic E-state index is 0.243. The molecule has 2 bridgehead atoms. The molecule has 0 amide bonds. The summed E-state index contributed by atoms with van der Waals surface area (Å²) in [6.45, 7) is 7.15. The predicted octanol–water partition coefficient (Wildman–Crippen LogP) is 4.75. The van der Waals surface area contributed by atoms with Gasteiger partial charge in [-0.1, -0.05) is 42.3 Å². The first-order valence-corrected chi connectivity index (χ1v) is 9.04. The quantitative estimate of drug-likeness (QED) is 0.748. The third-order valence-corrected chi connectivity index (χ3v) is 5.82. The molecule has 2 heterocycles. The van der Waals surface area contributed by atoms with Crippen molar-refractivity contribution in [2.75, 3.05) is 0 Å². The average Bonchev–Trinajstić information content (AvgIpc) is 2.54. The molecule has 1 aromatic rings. The van der Waals surface area contributed by atoms with Crippen molar-refractivity contribution in [3.05, 3.63) is 47.0 Å². The first-order valence-electron chi connectivity index (χ1n) is 9.04. The van der Waals surface area contributed by atoms with E-state index in [2.05, 4.69) is 49.1 Å². The molecule has 2 atom stereocenters. The maximum absolute atomic E-state index is 12.8.